The van der Waals surface area contributed by atoms with Crippen LogP contribution in [-0.4, -0.2) is 27.9 Å². The molecule has 0 aliphatic carbocycles. The number of thioether (sulfide) groups is 1. The van der Waals surface area contributed by atoms with Gasteiger partial charge in [-0.2, -0.15) is 0 Å². The molecule has 6 nitrogen and oxygen atoms in total. The van der Waals surface area contributed by atoms with E-state index in [1.54, 1.807) is 6.92 Å². The van der Waals surface area contributed by atoms with Crippen LogP contribution < -0.4 is 10.6 Å². The minimum atomic E-state index is -0.921. The van der Waals surface area contributed by atoms with E-state index in [4.69, 9.17) is 5.11 Å². The minimum absolute atomic E-state index is 0.105. The molecule has 1 aliphatic rings. The molecule has 3 rings (SSSR count). The zero-order valence-corrected chi connectivity index (χ0v) is 15.5. The first-order chi connectivity index (χ1) is 13.0. The van der Waals surface area contributed by atoms with Crippen molar-refractivity contribution in [3.8, 4) is 0 Å². The number of nitrogens with zero attached hydrogens (tertiary/aromatic N) is 1. The van der Waals surface area contributed by atoms with Crippen molar-refractivity contribution in [2.75, 3.05) is 11.1 Å². The van der Waals surface area contributed by atoms with Gasteiger partial charge in [-0.1, -0.05) is 60.3 Å². The van der Waals surface area contributed by atoms with Gasteiger partial charge in [-0.05, 0) is 24.6 Å². The highest BCUT2D eigenvalue weighted by Gasteiger charge is 2.29. The van der Waals surface area contributed by atoms with Crippen molar-refractivity contribution in [3.05, 3.63) is 77.5 Å². The van der Waals surface area contributed by atoms with Gasteiger partial charge in [0.05, 0.1) is 11.3 Å². The number of benzene rings is 2. The topological polar surface area (TPSA) is 90.8 Å². The molecule has 7 heteroatoms. The van der Waals surface area contributed by atoms with E-state index in [2.05, 4.69) is 15.6 Å². The molecular formula is C20H19N3O3S. The summed E-state index contributed by atoms with van der Waals surface area (Å²) in [4.78, 5) is 28.4. The minimum Gasteiger partial charge on any atom is -0.481 e. The summed E-state index contributed by atoms with van der Waals surface area (Å²) >= 11 is 1.10. The van der Waals surface area contributed by atoms with E-state index >= 15 is 0 Å². The third kappa shape index (κ3) is 4.77. The number of carboxylic acid groups (broad SMARTS) is 1. The molecule has 27 heavy (non-hydrogen) atoms. The number of para-hydroxylation sites is 1. The molecule has 0 saturated heterocycles. The molecule has 1 atom stereocenters. The molecular weight excluding hydrogens is 362 g/mol. The number of rotatable bonds is 5. The van der Waals surface area contributed by atoms with Crippen LogP contribution >= 0.6 is 11.8 Å². The lowest BCUT2D eigenvalue weighted by Crippen LogP contribution is -2.32. The molecule has 0 saturated carbocycles. The summed E-state index contributed by atoms with van der Waals surface area (Å²) in [6, 6.07) is 18.2. The maximum Gasteiger partial charge on any atom is 0.313 e. The van der Waals surface area contributed by atoms with Crippen LogP contribution in [0.4, 0.5) is 5.69 Å². The molecule has 0 radical (unpaired) electrons. The van der Waals surface area contributed by atoms with Crippen molar-refractivity contribution in [1.29, 1.82) is 0 Å². The van der Waals surface area contributed by atoms with Gasteiger partial charge in [0, 0.05) is 11.4 Å². The highest BCUT2D eigenvalue weighted by atomic mass is 32.2. The normalized spacial score (nSPS) is 16.3. The monoisotopic (exact) mass is 381 g/mol. The van der Waals surface area contributed by atoms with Crippen LogP contribution in [0.3, 0.4) is 0 Å². The number of hydrogen-bond donors (Lipinski definition) is 3. The Morgan fingerprint density at radius 3 is 2.37 bits per heavy atom. The van der Waals surface area contributed by atoms with Crippen LogP contribution in [0.1, 0.15) is 18.5 Å². The van der Waals surface area contributed by atoms with E-state index < -0.39 is 12.0 Å². The number of hydrogen-bond acceptors (Lipinski definition) is 5. The predicted octanol–water partition coefficient (Wildman–Crippen LogP) is 3.42. The van der Waals surface area contributed by atoms with E-state index in [-0.39, 0.29) is 11.7 Å². The number of carbonyl (C=O) groups excluding carboxylic acids is 1. The number of carboxylic acids is 1. The van der Waals surface area contributed by atoms with E-state index in [9.17, 15) is 9.59 Å². The molecule has 0 bridgehead atoms. The van der Waals surface area contributed by atoms with Crippen molar-refractivity contribution >= 4 is 34.5 Å². The Morgan fingerprint density at radius 1 is 1.11 bits per heavy atom. The molecule has 2 aromatic rings. The summed E-state index contributed by atoms with van der Waals surface area (Å²) in [6.45, 7) is 1.80. The molecule has 0 aromatic heterocycles. The van der Waals surface area contributed by atoms with Gasteiger partial charge in [0.25, 0.3) is 5.91 Å². The fourth-order valence-electron chi connectivity index (χ4n) is 2.74. The molecule has 1 amide bonds. The number of carbonyl (C=O) groups is 2. The van der Waals surface area contributed by atoms with Crippen LogP contribution in [0.5, 0.6) is 0 Å². The zero-order chi connectivity index (χ0) is 19.2. The van der Waals surface area contributed by atoms with E-state index in [1.807, 2.05) is 60.7 Å². The van der Waals surface area contributed by atoms with Crippen LogP contribution in [0, 0.1) is 0 Å². The Morgan fingerprint density at radius 2 is 1.74 bits per heavy atom. The third-order valence-corrected chi connectivity index (χ3v) is 4.81. The molecule has 3 N–H and O–H groups in total. The molecule has 0 fully saturated rings. The van der Waals surface area contributed by atoms with E-state index in [1.165, 1.54) is 0 Å². The average molecular weight is 381 g/mol. The quantitative estimate of drug-likeness (QED) is 0.738. The second-order valence-corrected chi connectivity index (χ2v) is 6.88. The van der Waals surface area contributed by atoms with Gasteiger partial charge in [0.1, 0.15) is 6.04 Å². The van der Waals surface area contributed by atoms with E-state index in [0.717, 1.165) is 17.3 Å². The van der Waals surface area contributed by atoms with Gasteiger partial charge in [-0.25, -0.2) is 4.99 Å². The summed E-state index contributed by atoms with van der Waals surface area (Å²) in [5, 5.41) is 15.4. The first-order valence-corrected chi connectivity index (χ1v) is 9.34. The average Bonchev–Trinajstić information content (AvgIpc) is 2.67. The van der Waals surface area contributed by atoms with Gasteiger partial charge < -0.3 is 15.7 Å². The Bertz CT molecular complexity index is 895. The molecule has 138 valence electrons. The Kier molecular flexibility index (Phi) is 5.93. The number of nitrogens with one attached hydrogen (secondary N) is 2. The molecule has 0 unspecified atom stereocenters. The second-order valence-electron chi connectivity index (χ2n) is 5.91. The number of aliphatic carboxylic acids is 1. The van der Waals surface area contributed by atoms with Crippen molar-refractivity contribution in [3.63, 3.8) is 0 Å². The second kappa shape index (κ2) is 8.55. The predicted molar refractivity (Wildman–Crippen MR) is 108 cm³/mol. The maximum absolute atomic E-state index is 13.0. The summed E-state index contributed by atoms with van der Waals surface area (Å²) in [7, 11) is 0. The summed E-state index contributed by atoms with van der Waals surface area (Å²) in [5.41, 5.74) is 2.72. The van der Waals surface area contributed by atoms with Crippen molar-refractivity contribution in [2.24, 2.45) is 4.99 Å². The van der Waals surface area contributed by atoms with Crippen molar-refractivity contribution < 1.29 is 14.7 Å². The lowest BCUT2D eigenvalue weighted by Gasteiger charge is -2.26. The van der Waals surface area contributed by atoms with Crippen LogP contribution in [0.15, 0.2) is 76.9 Å². The molecule has 1 aliphatic heterocycles. The first kappa shape index (κ1) is 18.7. The summed E-state index contributed by atoms with van der Waals surface area (Å²) in [5.74, 6) is -1.27. The number of amidine groups is 1. The van der Waals surface area contributed by atoms with Gasteiger partial charge in [0.15, 0.2) is 5.17 Å². The highest BCUT2D eigenvalue weighted by Crippen LogP contribution is 2.32. The van der Waals surface area contributed by atoms with Gasteiger partial charge >= 0.3 is 5.97 Å². The van der Waals surface area contributed by atoms with Gasteiger partial charge in [-0.3, -0.25) is 9.59 Å². The SMILES string of the molecule is CC1=C(C(=O)Nc2ccccc2)[C@H](c2ccccc2)N=C(SCC(=O)O)N1. The smallest absolute Gasteiger partial charge is 0.313 e. The fraction of sp³-hybridized carbons (Fsp3) is 0.150. The first-order valence-electron chi connectivity index (χ1n) is 8.36. The largest absolute Gasteiger partial charge is 0.481 e. The molecule has 1 heterocycles. The highest BCUT2D eigenvalue weighted by molar-refractivity contribution is 8.14. The number of anilines is 1. The van der Waals surface area contributed by atoms with E-state index in [0.29, 0.717) is 22.1 Å². The zero-order valence-electron chi connectivity index (χ0n) is 14.7. The van der Waals surface area contributed by atoms with Crippen molar-refractivity contribution in [2.45, 2.75) is 13.0 Å². The Hall–Kier alpha value is -3.06. The van der Waals surface area contributed by atoms with Crippen LogP contribution in [0.25, 0.3) is 0 Å². The molecule has 2 aromatic carbocycles. The summed E-state index contributed by atoms with van der Waals surface area (Å²) in [6.07, 6.45) is 0. The number of allylic oxidation sites excluding steroid dienone is 1. The van der Waals surface area contributed by atoms with Crippen molar-refractivity contribution in [1.82, 2.24) is 5.32 Å². The lowest BCUT2D eigenvalue weighted by molar-refractivity contribution is -0.133. The third-order valence-electron chi connectivity index (χ3n) is 3.94. The van der Waals surface area contributed by atoms with Crippen LogP contribution in [0.2, 0.25) is 0 Å². The fourth-order valence-corrected chi connectivity index (χ4v) is 3.41. The number of aliphatic imine (C=N–C) groups is 1. The molecule has 0 spiro atoms. The van der Waals surface area contributed by atoms with Gasteiger partial charge in [-0.15, -0.1) is 0 Å². The van der Waals surface area contributed by atoms with Gasteiger partial charge in [0.2, 0.25) is 0 Å². The lowest BCUT2D eigenvalue weighted by atomic mass is 9.96. The number of amides is 1. The summed E-state index contributed by atoms with van der Waals surface area (Å²) < 4.78 is 0. The standard InChI is InChI=1S/C20H19N3O3S/c1-13-17(19(26)22-15-10-6-3-7-11-15)18(14-8-4-2-5-9-14)23-20(21-13)27-12-16(24)25/h2-11,18H,12H2,1H3,(H,21,23)(H,22,26)(H,24,25)/t18-/m0/s1. The maximum atomic E-state index is 13.0. The Labute approximate surface area is 161 Å². The Balaban J connectivity index is 1.91. The van der Waals surface area contributed by atoms with Crippen LogP contribution in [-0.2, 0) is 9.59 Å².